The molecule has 2 aliphatic rings. The number of nitrogens with zero attached hydrogens (tertiary/aromatic N) is 2. The molecule has 2 heterocycles. The van der Waals surface area contributed by atoms with Crippen LogP contribution in [0.2, 0.25) is 0 Å². The average Bonchev–Trinajstić information content (AvgIpc) is 3.19. The first-order chi connectivity index (χ1) is 12.0. The maximum atomic E-state index is 13.1. The van der Waals surface area contributed by atoms with E-state index >= 15 is 0 Å². The normalized spacial score (nSPS) is 20.9. The molecule has 0 aromatic heterocycles. The summed E-state index contributed by atoms with van der Waals surface area (Å²) in [7, 11) is -3.58. The zero-order valence-electron chi connectivity index (χ0n) is 14.1. The summed E-state index contributed by atoms with van der Waals surface area (Å²) in [5.41, 5.74) is 2.88. The third-order valence-electron chi connectivity index (χ3n) is 5.09. The van der Waals surface area contributed by atoms with Gasteiger partial charge in [0.2, 0.25) is 15.9 Å². The van der Waals surface area contributed by atoms with Gasteiger partial charge in [-0.3, -0.25) is 4.79 Å². The van der Waals surface area contributed by atoms with Crippen molar-refractivity contribution in [1.29, 1.82) is 0 Å². The summed E-state index contributed by atoms with van der Waals surface area (Å²) in [6.07, 6.45) is 1.41. The van der Waals surface area contributed by atoms with Crippen LogP contribution in [0.4, 0.5) is 5.69 Å². The van der Waals surface area contributed by atoms with Gasteiger partial charge in [-0.1, -0.05) is 24.3 Å². The number of hydrogen-bond donors (Lipinski definition) is 0. The predicted octanol–water partition coefficient (Wildman–Crippen LogP) is 3.08. The smallest absolute Gasteiger partial charge is 0.243 e. The van der Waals surface area contributed by atoms with Crippen molar-refractivity contribution in [2.75, 3.05) is 11.4 Å². The van der Waals surface area contributed by atoms with Gasteiger partial charge in [-0.2, -0.15) is 4.31 Å². The van der Waals surface area contributed by atoms with Crippen LogP contribution in [0.15, 0.2) is 53.4 Å². The summed E-state index contributed by atoms with van der Waals surface area (Å²) in [5, 5.41) is 0. The fourth-order valence-electron chi connectivity index (χ4n) is 3.69. The van der Waals surface area contributed by atoms with Crippen LogP contribution in [0, 0.1) is 0 Å². The standard InChI is InChI=1S/C19H20N2O3S/c1-14-18-6-3-2-5-15(18)13-21(14)25(23,24)17-10-8-16(9-11-17)20-12-4-7-19(20)22/h2-3,5-6,8-11,14H,4,7,12-13H2,1H3/t14-/m0/s1. The Morgan fingerprint density at radius 3 is 2.40 bits per heavy atom. The quantitative estimate of drug-likeness (QED) is 0.849. The first-order valence-electron chi connectivity index (χ1n) is 8.48. The van der Waals surface area contributed by atoms with Gasteiger partial charge in [-0.25, -0.2) is 8.42 Å². The Bertz CT molecular complexity index is 922. The van der Waals surface area contributed by atoms with Gasteiger partial charge in [-0.05, 0) is 48.7 Å². The molecule has 0 spiro atoms. The van der Waals surface area contributed by atoms with Crippen molar-refractivity contribution in [3.8, 4) is 0 Å². The molecule has 1 atom stereocenters. The van der Waals surface area contributed by atoms with E-state index in [9.17, 15) is 13.2 Å². The van der Waals surface area contributed by atoms with Gasteiger partial charge >= 0.3 is 0 Å². The van der Waals surface area contributed by atoms with Gasteiger partial charge in [0, 0.05) is 31.2 Å². The topological polar surface area (TPSA) is 57.7 Å². The molecule has 0 N–H and O–H groups in total. The summed E-state index contributed by atoms with van der Waals surface area (Å²) in [4.78, 5) is 13.8. The zero-order valence-corrected chi connectivity index (χ0v) is 14.9. The molecule has 0 radical (unpaired) electrons. The molecular formula is C19H20N2O3S. The fourth-order valence-corrected chi connectivity index (χ4v) is 5.28. The van der Waals surface area contributed by atoms with Gasteiger partial charge in [-0.15, -0.1) is 0 Å². The molecule has 0 bridgehead atoms. The molecule has 5 nitrogen and oxygen atoms in total. The second kappa shape index (κ2) is 5.97. The molecule has 0 saturated carbocycles. The van der Waals surface area contributed by atoms with Crippen LogP contribution in [0.1, 0.15) is 36.9 Å². The average molecular weight is 356 g/mol. The molecule has 1 saturated heterocycles. The Balaban J connectivity index is 1.62. The lowest BCUT2D eigenvalue weighted by atomic mass is 10.1. The van der Waals surface area contributed by atoms with Gasteiger partial charge in [0.15, 0.2) is 0 Å². The minimum Gasteiger partial charge on any atom is -0.312 e. The number of fused-ring (bicyclic) bond motifs is 1. The van der Waals surface area contributed by atoms with Gasteiger partial charge in [0.05, 0.1) is 4.90 Å². The van der Waals surface area contributed by atoms with Crippen molar-refractivity contribution in [1.82, 2.24) is 4.31 Å². The molecule has 0 aliphatic carbocycles. The Hall–Kier alpha value is -2.18. The summed E-state index contributed by atoms with van der Waals surface area (Å²) >= 11 is 0. The number of carbonyl (C=O) groups is 1. The van der Waals surface area contributed by atoms with E-state index in [-0.39, 0.29) is 16.8 Å². The molecule has 6 heteroatoms. The number of anilines is 1. The molecule has 2 aromatic rings. The van der Waals surface area contributed by atoms with Crippen LogP contribution >= 0.6 is 0 Å². The van der Waals surface area contributed by atoms with Crippen molar-refractivity contribution < 1.29 is 13.2 Å². The molecule has 1 amide bonds. The van der Waals surface area contributed by atoms with Crippen LogP contribution in [0.5, 0.6) is 0 Å². The number of rotatable bonds is 3. The summed E-state index contributed by atoms with van der Waals surface area (Å²) in [6.45, 7) is 3.01. The minimum atomic E-state index is -3.58. The summed E-state index contributed by atoms with van der Waals surface area (Å²) in [5.74, 6) is 0.0965. The van der Waals surface area contributed by atoms with Crippen molar-refractivity contribution >= 4 is 21.6 Å². The summed E-state index contributed by atoms with van der Waals surface area (Å²) < 4.78 is 27.6. The molecule has 25 heavy (non-hydrogen) atoms. The minimum absolute atomic E-state index is 0.0965. The highest BCUT2D eigenvalue weighted by Crippen LogP contribution is 2.37. The van der Waals surface area contributed by atoms with Gasteiger partial charge < -0.3 is 4.90 Å². The number of amides is 1. The van der Waals surface area contributed by atoms with Crippen LogP contribution in [-0.4, -0.2) is 25.2 Å². The third kappa shape index (κ3) is 2.65. The number of benzene rings is 2. The number of sulfonamides is 1. The predicted molar refractivity (Wildman–Crippen MR) is 95.6 cm³/mol. The molecule has 2 aromatic carbocycles. The largest absolute Gasteiger partial charge is 0.312 e. The molecule has 4 rings (SSSR count). The van der Waals surface area contributed by atoms with E-state index in [4.69, 9.17) is 0 Å². The zero-order chi connectivity index (χ0) is 17.6. The van der Waals surface area contributed by atoms with Crippen molar-refractivity contribution in [3.05, 3.63) is 59.7 Å². The van der Waals surface area contributed by atoms with E-state index in [2.05, 4.69) is 0 Å². The van der Waals surface area contributed by atoms with Crippen LogP contribution in [-0.2, 0) is 21.4 Å². The van der Waals surface area contributed by atoms with E-state index in [0.717, 1.165) is 23.2 Å². The fraction of sp³-hybridized carbons (Fsp3) is 0.316. The molecule has 0 unspecified atom stereocenters. The van der Waals surface area contributed by atoms with E-state index in [1.807, 2.05) is 31.2 Å². The maximum absolute atomic E-state index is 13.1. The number of carbonyl (C=O) groups excluding carboxylic acids is 1. The highest BCUT2D eigenvalue weighted by molar-refractivity contribution is 7.89. The van der Waals surface area contributed by atoms with Crippen molar-refractivity contribution in [3.63, 3.8) is 0 Å². The first kappa shape index (κ1) is 16.3. The van der Waals surface area contributed by atoms with E-state index < -0.39 is 10.0 Å². The first-order valence-corrected chi connectivity index (χ1v) is 9.92. The lowest BCUT2D eigenvalue weighted by Gasteiger charge is -2.22. The monoisotopic (exact) mass is 356 g/mol. The SMILES string of the molecule is C[C@H]1c2ccccc2CN1S(=O)(=O)c1ccc(N2CCCC2=O)cc1. The highest BCUT2D eigenvalue weighted by Gasteiger charge is 2.36. The van der Waals surface area contributed by atoms with E-state index in [1.54, 1.807) is 29.2 Å². The van der Waals surface area contributed by atoms with Gasteiger partial charge in [0.1, 0.15) is 0 Å². The number of hydrogen-bond acceptors (Lipinski definition) is 3. The van der Waals surface area contributed by atoms with Crippen molar-refractivity contribution in [2.45, 2.75) is 37.2 Å². The molecule has 2 aliphatic heterocycles. The Kier molecular flexibility index (Phi) is 3.89. The second-order valence-corrected chi connectivity index (χ2v) is 8.46. The van der Waals surface area contributed by atoms with Crippen LogP contribution in [0.3, 0.4) is 0 Å². The Morgan fingerprint density at radius 2 is 1.76 bits per heavy atom. The Morgan fingerprint density at radius 1 is 1.04 bits per heavy atom. The molecule has 1 fully saturated rings. The van der Waals surface area contributed by atoms with Crippen molar-refractivity contribution in [2.24, 2.45) is 0 Å². The molecule has 130 valence electrons. The lowest BCUT2D eigenvalue weighted by molar-refractivity contribution is -0.117. The highest BCUT2D eigenvalue weighted by atomic mass is 32.2. The van der Waals surface area contributed by atoms with E-state index in [1.165, 1.54) is 4.31 Å². The van der Waals surface area contributed by atoms with Crippen LogP contribution < -0.4 is 4.90 Å². The van der Waals surface area contributed by atoms with E-state index in [0.29, 0.717) is 19.5 Å². The second-order valence-electron chi connectivity index (χ2n) is 6.57. The maximum Gasteiger partial charge on any atom is 0.243 e. The van der Waals surface area contributed by atoms with Gasteiger partial charge in [0.25, 0.3) is 0 Å². The lowest BCUT2D eigenvalue weighted by Crippen LogP contribution is -2.28. The summed E-state index contributed by atoms with van der Waals surface area (Å²) in [6, 6.07) is 14.3. The third-order valence-corrected chi connectivity index (χ3v) is 7.02. The Labute approximate surface area is 147 Å². The van der Waals surface area contributed by atoms with Crippen LogP contribution in [0.25, 0.3) is 0 Å². The molecular weight excluding hydrogens is 336 g/mol.